The van der Waals surface area contributed by atoms with Gasteiger partial charge in [0, 0.05) is 49.2 Å². The number of carbonyl (C=O) groups is 2. The minimum absolute atomic E-state index is 0.147. The summed E-state index contributed by atoms with van der Waals surface area (Å²) in [5.41, 5.74) is 2.48. The maximum atomic E-state index is 13.1. The molecule has 3 heterocycles. The van der Waals surface area contributed by atoms with E-state index in [4.69, 9.17) is 5.26 Å². The molecule has 1 aliphatic heterocycles. The van der Waals surface area contributed by atoms with E-state index in [1.165, 1.54) is 0 Å². The van der Waals surface area contributed by atoms with Crippen LogP contribution in [0.3, 0.4) is 0 Å². The van der Waals surface area contributed by atoms with Crippen LogP contribution in [-0.2, 0) is 22.6 Å². The SMILES string of the molecule is N#CCCCn1cc(-c2cccc(CC(=O)Nc3cc(N4CC[C@@](C#N)(C5CC5)C4=O)ccn3)c2)cn1. The summed E-state index contributed by atoms with van der Waals surface area (Å²) in [4.78, 5) is 31.8. The van der Waals surface area contributed by atoms with Crippen LogP contribution >= 0.6 is 0 Å². The number of aryl methyl sites for hydroxylation is 1. The molecule has 2 aromatic heterocycles. The van der Waals surface area contributed by atoms with E-state index >= 15 is 0 Å². The minimum Gasteiger partial charge on any atom is -0.311 e. The molecule has 0 bridgehead atoms. The zero-order valence-electron chi connectivity index (χ0n) is 20.4. The van der Waals surface area contributed by atoms with Gasteiger partial charge in [-0.15, -0.1) is 0 Å². The number of nitrogens with one attached hydrogen (secondary N) is 1. The van der Waals surface area contributed by atoms with E-state index in [0.29, 0.717) is 37.4 Å². The molecule has 0 spiro atoms. The lowest BCUT2D eigenvalue weighted by molar-refractivity contribution is -0.123. The first-order valence-corrected chi connectivity index (χ1v) is 12.5. The van der Waals surface area contributed by atoms with E-state index in [-0.39, 0.29) is 24.2 Å². The van der Waals surface area contributed by atoms with Crippen molar-refractivity contribution >= 4 is 23.3 Å². The number of anilines is 2. The average molecular weight is 494 g/mol. The van der Waals surface area contributed by atoms with Gasteiger partial charge in [0.05, 0.1) is 24.8 Å². The number of nitriles is 2. The molecule has 5 rings (SSSR count). The molecule has 1 aliphatic carbocycles. The summed E-state index contributed by atoms with van der Waals surface area (Å²) in [6, 6.07) is 15.6. The molecule has 1 saturated carbocycles. The summed E-state index contributed by atoms with van der Waals surface area (Å²) in [6.45, 7) is 1.17. The number of aromatic nitrogens is 3. The highest BCUT2D eigenvalue weighted by atomic mass is 16.2. The molecule has 3 aromatic rings. The molecule has 9 nitrogen and oxygen atoms in total. The van der Waals surface area contributed by atoms with Gasteiger partial charge in [0.2, 0.25) is 11.8 Å². The fourth-order valence-electron chi connectivity index (χ4n) is 4.98. The zero-order valence-corrected chi connectivity index (χ0v) is 20.4. The van der Waals surface area contributed by atoms with Crippen molar-refractivity contribution in [1.82, 2.24) is 14.8 Å². The van der Waals surface area contributed by atoms with Gasteiger partial charge in [0.1, 0.15) is 11.2 Å². The summed E-state index contributed by atoms with van der Waals surface area (Å²) in [5.74, 6) is 0.160. The van der Waals surface area contributed by atoms with E-state index in [0.717, 1.165) is 36.0 Å². The van der Waals surface area contributed by atoms with Crippen molar-refractivity contribution in [2.45, 2.75) is 45.1 Å². The van der Waals surface area contributed by atoms with E-state index in [9.17, 15) is 14.9 Å². The zero-order chi connectivity index (χ0) is 25.8. The van der Waals surface area contributed by atoms with E-state index < -0.39 is 5.41 Å². The molecule has 2 aliphatic rings. The number of benzene rings is 1. The van der Waals surface area contributed by atoms with Crippen LogP contribution in [0, 0.1) is 34.0 Å². The Balaban J connectivity index is 1.23. The largest absolute Gasteiger partial charge is 0.311 e. The minimum atomic E-state index is -0.912. The van der Waals surface area contributed by atoms with Crippen LogP contribution in [-0.4, -0.2) is 33.1 Å². The molecule has 1 aromatic carbocycles. The van der Waals surface area contributed by atoms with Crippen LogP contribution in [0.4, 0.5) is 11.5 Å². The maximum absolute atomic E-state index is 13.1. The molecule has 1 atom stereocenters. The predicted molar refractivity (Wildman–Crippen MR) is 137 cm³/mol. The number of hydrogen-bond acceptors (Lipinski definition) is 6. The van der Waals surface area contributed by atoms with Gasteiger partial charge >= 0.3 is 0 Å². The molecular formula is C28H27N7O2. The van der Waals surface area contributed by atoms with Gasteiger partial charge in [0.25, 0.3) is 0 Å². The second-order valence-electron chi connectivity index (χ2n) is 9.64. The lowest BCUT2D eigenvalue weighted by Crippen LogP contribution is -2.35. The standard InChI is InChI=1S/C28H27N7O2/c29-10-1-2-12-34-18-22(17-32-34)21-5-3-4-20(14-21)15-26(36)33-25-16-24(8-11-31-25)35-13-9-28(19-30,27(35)37)23-6-7-23/h3-5,8,11,14,16-18,23H,1-2,6-7,9,12-13,15H2,(H,31,33,36)/t28-/m1/s1. The molecule has 1 N–H and O–H groups in total. The lowest BCUT2D eigenvalue weighted by Gasteiger charge is -2.21. The Morgan fingerprint density at radius 3 is 2.84 bits per heavy atom. The van der Waals surface area contributed by atoms with Gasteiger partial charge in [0.15, 0.2) is 0 Å². The molecule has 186 valence electrons. The number of amides is 2. The summed E-state index contributed by atoms with van der Waals surface area (Å²) >= 11 is 0. The Morgan fingerprint density at radius 2 is 2.05 bits per heavy atom. The predicted octanol–water partition coefficient (Wildman–Crippen LogP) is 4.09. The maximum Gasteiger partial charge on any atom is 0.247 e. The number of pyridine rings is 1. The van der Waals surface area contributed by atoms with Gasteiger partial charge in [-0.2, -0.15) is 15.6 Å². The molecule has 0 radical (unpaired) electrons. The van der Waals surface area contributed by atoms with Crippen molar-refractivity contribution in [2.75, 3.05) is 16.8 Å². The van der Waals surface area contributed by atoms with Crippen molar-refractivity contribution in [3.8, 4) is 23.3 Å². The van der Waals surface area contributed by atoms with E-state index in [1.807, 2.05) is 35.1 Å². The first kappa shape index (κ1) is 24.2. The molecule has 37 heavy (non-hydrogen) atoms. The van der Waals surface area contributed by atoms with Crippen LogP contribution in [0.2, 0.25) is 0 Å². The molecule has 2 fully saturated rings. The van der Waals surface area contributed by atoms with Gasteiger partial charge in [-0.3, -0.25) is 14.3 Å². The monoisotopic (exact) mass is 493 g/mol. The first-order chi connectivity index (χ1) is 18.0. The average Bonchev–Trinajstić information content (AvgIpc) is 3.55. The van der Waals surface area contributed by atoms with Gasteiger partial charge in [-0.1, -0.05) is 24.3 Å². The van der Waals surface area contributed by atoms with Crippen molar-refractivity contribution < 1.29 is 9.59 Å². The van der Waals surface area contributed by atoms with Gasteiger partial charge < -0.3 is 10.2 Å². The molecule has 0 unspecified atom stereocenters. The summed E-state index contributed by atoms with van der Waals surface area (Å²) in [7, 11) is 0. The third-order valence-electron chi connectivity index (χ3n) is 7.09. The van der Waals surface area contributed by atoms with Crippen molar-refractivity contribution in [2.24, 2.45) is 11.3 Å². The Labute approximate surface area is 215 Å². The highest BCUT2D eigenvalue weighted by molar-refractivity contribution is 6.02. The fourth-order valence-corrected chi connectivity index (χ4v) is 4.98. The Hall–Kier alpha value is -4.50. The summed E-state index contributed by atoms with van der Waals surface area (Å²) < 4.78 is 1.82. The van der Waals surface area contributed by atoms with E-state index in [2.05, 4.69) is 27.5 Å². The van der Waals surface area contributed by atoms with Crippen LogP contribution in [0.1, 0.15) is 37.7 Å². The second kappa shape index (κ2) is 10.2. The van der Waals surface area contributed by atoms with Gasteiger partial charge in [-0.25, -0.2) is 4.98 Å². The smallest absolute Gasteiger partial charge is 0.247 e. The van der Waals surface area contributed by atoms with Crippen LogP contribution in [0.5, 0.6) is 0 Å². The quantitative estimate of drug-likeness (QED) is 0.447. The van der Waals surface area contributed by atoms with Crippen molar-refractivity contribution in [3.05, 3.63) is 60.6 Å². The Morgan fingerprint density at radius 1 is 1.19 bits per heavy atom. The van der Waals surface area contributed by atoms with Crippen LogP contribution < -0.4 is 10.2 Å². The molecule has 1 saturated heterocycles. The van der Waals surface area contributed by atoms with E-state index in [1.54, 1.807) is 29.4 Å². The number of hydrogen-bond donors (Lipinski definition) is 1. The number of carbonyl (C=O) groups excluding carboxylic acids is 2. The molecular weight excluding hydrogens is 466 g/mol. The number of nitrogens with zero attached hydrogens (tertiary/aromatic N) is 6. The van der Waals surface area contributed by atoms with Crippen molar-refractivity contribution in [3.63, 3.8) is 0 Å². The topological polar surface area (TPSA) is 128 Å². The molecule has 9 heteroatoms. The normalized spacial score (nSPS) is 18.9. The second-order valence-corrected chi connectivity index (χ2v) is 9.64. The summed E-state index contributed by atoms with van der Waals surface area (Å²) in [6.07, 6.45) is 9.08. The molecule has 2 amide bonds. The lowest BCUT2D eigenvalue weighted by atomic mass is 9.83. The fraction of sp³-hybridized carbons (Fsp3) is 0.357. The third kappa shape index (κ3) is 5.07. The highest BCUT2D eigenvalue weighted by Gasteiger charge is 2.56. The Bertz CT molecular complexity index is 1410. The summed E-state index contributed by atoms with van der Waals surface area (Å²) in [5, 5.41) is 25.6. The van der Waals surface area contributed by atoms with Crippen molar-refractivity contribution in [1.29, 1.82) is 10.5 Å². The first-order valence-electron chi connectivity index (χ1n) is 12.5. The third-order valence-corrected chi connectivity index (χ3v) is 7.09. The van der Waals surface area contributed by atoms with Gasteiger partial charge in [-0.05, 0) is 48.8 Å². The highest BCUT2D eigenvalue weighted by Crippen LogP contribution is 2.51. The van der Waals surface area contributed by atoms with Crippen LogP contribution in [0.15, 0.2) is 55.0 Å². The Kier molecular flexibility index (Phi) is 6.70. The number of unbranched alkanes of at least 4 members (excludes halogenated alkanes) is 1. The number of rotatable bonds is 9. The van der Waals surface area contributed by atoms with Crippen LogP contribution in [0.25, 0.3) is 11.1 Å².